The standard InChI is InChI=1S/C52H90N4O34/c1-15-22(9-57)81-51(45(32(15)68)89-48-29(54-18(4)64)36(72)33(69)23(10-58)82-48)79-8-7-21(67)42(87-52-46(40(76)35(71)25(12-60)84-52)90-49-30(55-19(5)65)37(73)34(70)24(11-59)83-49)41(77)47(78)86-43-27(14-62)85-50(31(39(43)75)56-20(6)66)88-44-26(13-61)80-16(2)28(38(44)74)53-17(3)63/h15-16,21-52,57-62,67-78H,7-14H2,1-6H3,(H,53,63)(H,54,64)(H,55,65)(H,56,66)/t15-,16+,21-,22?,23+,24?,25-,26?,27?,28-,29?,30+,31+,32?,33-,34-,35-,36?,37?,38?,39?,40?,41-,42?,43-,44-,45-,46?,47+,48+,49+,50+,51+,52-/m1/s1. The highest BCUT2D eigenvalue weighted by molar-refractivity contribution is 5.74. The van der Waals surface area contributed by atoms with Crippen molar-refractivity contribution in [1.82, 2.24) is 21.3 Å². The molecule has 522 valence electrons. The molecule has 6 aliphatic heterocycles. The van der Waals surface area contributed by atoms with Crippen LogP contribution >= 0.6 is 0 Å². The van der Waals surface area contributed by atoms with Gasteiger partial charge in [-0.25, -0.2) is 0 Å². The van der Waals surface area contributed by atoms with Crippen LogP contribution in [0.2, 0.25) is 0 Å². The lowest BCUT2D eigenvalue weighted by molar-refractivity contribution is -0.373. The van der Waals surface area contributed by atoms with E-state index in [1.807, 2.05) is 0 Å². The minimum absolute atomic E-state index is 0.587. The molecule has 0 aromatic rings. The maximum Gasteiger partial charge on any atom is 0.217 e. The number of ether oxygens (including phenoxy) is 12. The van der Waals surface area contributed by atoms with Crippen LogP contribution in [0.25, 0.3) is 0 Å². The zero-order valence-electron chi connectivity index (χ0n) is 49.9. The van der Waals surface area contributed by atoms with Crippen molar-refractivity contribution in [2.24, 2.45) is 5.92 Å². The SMILES string of the molecule is CC(=O)NC1C(O)[C@H](O)[C@H](CO)O[C@H]1O[C@@H]1C(O)[C@H](C)C(CO)O[C@@H]1OCC[C@@H](O)C(O[C@H]1O[C@H](CO)[C@@H](O)C(O)C1O[C@@H]1OC(CO)[C@@H](O)C(O)[C@@H]1NC(C)=O)[C@@H](O)[C@@H](O)O[C@@H]1C(CO)O[C@@H](O[C@@H]2C(CO)O[C@@H](C)[C@@H](NC(C)=O)C2O)[C@@H](NC(C)=O)C1O. The van der Waals surface area contributed by atoms with Gasteiger partial charge in [-0.3, -0.25) is 19.2 Å². The van der Waals surface area contributed by atoms with Gasteiger partial charge in [0.05, 0.1) is 76.7 Å². The second kappa shape index (κ2) is 33.9. The second-order valence-corrected chi connectivity index (χ2v) is 23.0. The van der Waals surface area contributed by atoms with E-state index in [-0.39, 0.29) is 0 Å². The van der Waals surface area contributed by atoms with Crippen LogP contribution < -0.4 is 21.3 Å². The van der Waals surface area contributed by atoms with Crippen LogP contribution in [0.1, 0.15) is 48.0 Å². The highest BCUT2D eigenvalue weighted by Gasteiger charge is 2.57. The first-order valence-electron chi connectivity index (χ1n) is 29.2. The minimum atomic E-state index is -2.75. The number of aliphatic hydroxyl groups is 18. The van der Waals surface area contributed by atoms with E-state index in [1.54, 1.807) is 0 Å². The van der Waals surface area contributed by atoms with Crippen molar-refractivity contribution >= 4 is 23.6 Å². The van der Waals surface area contributed by atoms with Crippen LogP contribution in [0.3, 0.4) is 0 Å². The van der Waals surface area contributed by atoms with Crippen LogP contribution in [0.4, 0.5) is 0 Å². The van der Waals surface area contributed by atoms with Crippen molar-refractivity contribution in [3.8, 4) is 0 Å². The van der Waals surface area contributed by atoms with E-state index in [1.165, 1.54) is 13.8 Å². The van der Waals surface area contributed by atoms with E-state index in [0.717, 1.165) is 27.7 Å². The molecule has 4 amide bonds. The fourth-order valence-corrected chi connectivity index (χ4v) is 11.5. The Hall–Kier alpha value is -3.32. The Morgan fingerprint density at radius 2 is 0.767 bits per heavy atom. The van der Waals surface area contributed by atoms with Crippen LogP contribution in [-0.4, -0.2) is 364 Å². The summed E-state index contributed by atoms with van der Waals surface area (Å²) in [6.07, 6.45) is -55.5. The Morgan fingerprint density at radius 1 is 0.400 bits per heavy atom. The van der Waals surface area contributed by atoms with Gasteiger partial charge in [0.15, 0.2) is 37.7 Å². The largest absolute Gasteiger partial charge is 0.394 e. The first-order chi connectivity index (χ1) is 42.5. The van der Waals surface area contributed by atoms with E-state index in [0.29, 0.717) is 0 Å². The number of hydrogen-bond donors (Lipinski definition) is 22. The second-order valence-electron chi connectivity index (χ2n) is 23.0. The fraction of sp³-hybridized carbons (Fsp3) is 0.923. The quantitative estimate of drug-likeness (QED) is 0.0340. The topological polar surface area (TPSA) is 591 Å². The van der Waals surface area contributed by atoms with Crippen LogP contribution in [0.15, 0.2) is 0 Å². The Bertz CT molecular complexity index is 2260. The molecule has 0 bridgehead atoms. The minimum Gasteiger partial charge on any atom is -0.394 e. The maximum atomic E-state index is 12.7. The van der Waals surface area contributed by atoms with Crippen LogP contribution in [0.5, 0.6) is 0 Å². The zero-order valence-corrected chi connectivity index (χ0v) is 49.9. The average Bonchev–Trinajstić information content (AvgIpc) is 1.49. The van der Waals surface area contributed by atoms with Gasteiger partial charge in [0.2, 0.25) is 23.6 Å². The lowest BCUT2D eigenvalue weighted by atomic mass is 9.90. The van der Waals surface area contributed by atoms with Gasteiger partial charge in [0.1, 0.15) is 134 Å². The van der Waals surface area contributed by atoms with Gasteiger partial charge in [-0.05, 0) is 13.3 Å². The summed E-state index contributed by atoms with van der Waals surface area (Å²) in [6.45, 7) is 0.866. The molecule has 6 fully saturated rings. The number of nitrogens with one attached hydrogen (secondary N) is 4. The molecule has 22 N–H and O–H groups in total. The summed E-state index contributed by atoms with van der Waals surface area (Å²) in [5.74, 6) is -3.96. The average molecular weight is 1320 g/mol. The summed E-state index contributed by atoms with van der Waals surface area (Å²) in [4.78, 5) is 49.4. The Morgan fingerprint density at radius 3 is 1.22 bits per heavy atom. The Balaban J connectivity index is 1.33. The zero-order chi connectivity index (χ0) is 66.9. The highest BCUT2D eigenvalue weighted by Crippen LogP contribution is 2.36. The molecule has 6 aliphatic rings. The van der Waals surface area contributed by atoms with E-state index in [4.69, 9.17) is 56.8 Å². The van der Waals surface area contributed by atoms with Crippen molar-refractivity contribution < 1.29 is 168 Å². The first-order valence-corrected chi connectivity index (χ1v) is 29.2. The number of hydrogen-bond acceptors (Lipinski definition) is 34. The van der Waals surface area contributed by atoms with E-state index in [9.17, 15) is 111 Å². The Labute approximate surface area is 514 Å². The summed E-state index contributed by atoms with van der Waals surface area (Å²) < 4.78 is 70.8. The van der Waals surface area contributed by atoms with Gasteiger partial charge >= 0.3 is 0 Å². The summed E-state index contributed by atoms with van der Waals surface area (Å²) in [5.41, 5.74) is 0. The third-order valence-electron chi connectivity index (χ3n) is 16.4. The molecule has 0 aliphatic carbocycles. The molecule has 0 aromatic heterocycles. The molecule has 6 heterocycles. The number of rotatable bonds is 27. The van der Waals surface area contributed by atoms with E-state index < -0.39 is 285 Å². The third kappa shape index (κ3) is 17.8. The number of aliphatic hydroxyl groups excluding tert-OH is 18. The molecule has 0 spiro atoms. The van der Waals surface area contributed by atoms with Crippen molar-refractivity contribution in [2.75, 3.05) is 46.2 Å². The van der Waals surface area contributed by atoms with Gasteiger partial charge in [0, 0.05) is 33.6 Å². The molecule has 38 nitrogen and oxygen atoms in total. The van der Waals surface area contributed by atoms with Crippen LogP contribution in [0, 0.1) is 5.92 Å². The first kappa shape index (κ1) is 75.7. The fourth-order valence-electron chi connectivity index (χ4n) is 11.5. The monoisotopic (exact) mass is 1310 g/mol. The predicted molar refractivity (Wildman–Crippen MR) is 287 cm³/mol. The summed E-state index contributed by atoms with van der Waals surface area (Å²) in [5, 5.41) is 209. The lowest BCUT2D eigenvalue weighted by Crippen LogP contribution is -2.69. The van der Waals surface area contributed by atoms with Crippen LogP contribution in [-0.2, 0) is 76.0 Å². The normalized spacial score (nSPS) is 43.9. The van der Waals surface area contributed by atoms with Gasteiger partial charge in [-0.15, -0.1) is 0 Å². The summed E-state index contributed by atoms with van der Waals surface area (Å²) >= 11 is 0. The maximum absolute atomic E-state index is 12.7. The van der Waals surface area contributed by atoms with Gasteiger partial charge in [-0.1, -0.05) is 6.92 Å². The Kier molecular flexibility index (Phi) is 28.5. The number of carbonyl (C=O) groups excluding carboxylic acids is 4. The van der Waals surface area contributed by atoms with Gasteiger partial charge in [0.25, 0.3) is 0 Å². The van der Waals surface area contributed by atoms with Gasteiger partial charge < -0.3 is 170 Å². The van der Waals surface area contributed by atoms with E-state index in [2.05, 4.69) is 21.3 Å². The molecular formula is C52H90N4O34. The molecule has 0 radical (unpaired) electrons. The molecule has 34 atom stereocenters. The van der Waals surface area contributed by atoms with E-state index >= 15 is 0 Å². The highest BCUT2D eigenvalue weighted by atomic mass is 16.8. The lowest BCUT2D eigenvalue weighted by Gasteiger charge is -2.49. The summed E-state index contributed by atoms with van der Waals surface area (Å²) in [6, 6.07) is -6.21. The van der Waals surface area contributed by atoms with Gasteiger partial charge in [-0.2, -0.15) is 0 Å². The van der Waals surface area contributed by atoms with Crippen molar-refractivity contribution in [2.45, 2.75) is 250 Å². The smallest absolute Gasteiger partial charge is 0.217 e. The summed E-state index contributed by atoms with van der Waals surface area (Å²) in [7, 11) is 0. The molecule has 0 aromatic carbocycles. The number of amides is 4. The molecule has 38 heteroatoms. The third-order valence-corrected chi connectivity index (χ3v) is 16.4. The molecule has 6 rings (SSSR count). The van der Waals surface area contributed by atoms with Crippen molar-refractivity contribution in [3.63, 3.8) is 0 Å². The molecular weight excluding hydrogens is 1220 g/mol. The molecule has 13 unspecified atom stereocenters. The molecule has 0 saturated carbocycles. The predicted octanol–water partition coefficient (Wildman–Crippen LogP) is -13.4. The molecule has 90 heavy (non-hydrogen) atoms. The van der Waals surface area contributed by atoms with Crippen molar-refractivity contribution in [3.05, 3.63) is 0 Å². The van der Waals surface area contributed by atoms with Crippen molar-refractivity contribution in [1.29, 1.82) is 0 Å². The number of carbonyl (C=O) groups is 4. The molecule has 6 saturated heterocycles.